The first-order valence-corrected chi connectivity index (χ1v) is 7.61. The minimum absolute atomic E-state index is 0. The summed E-state index contributed by atoms with van der Waals surface area (Å²) in [7, 11) is 4.55. The van der Waals surface area contributed by atoms with Crippen molar-refractivity contribution in [3.8, 4) is 0 Å². The third kappa shape index (κ3) is 49.7. The second-order valence-electron chi connectivity index (χ2n) is 4.25. The van der Waals surface area contributed by atoms with Crippen molar-refractivity contribution < 1.29 is 58.1 Å². The van der Waals surface area contributed by atoms with Crippen LogP contribution in [-0.4, -0.2) is 116 Å². The summed E-state index contributed by atoms with van der Waals surface area (Å²) in [4.78, 5) is 29.1. The number of rotatable bonds is 15. The Bertz CT molecular complexity index is 302. The molecule has 13 heteroatoms. The molecule has 0 spiro atoms. The van der Waals surface area contributed by atoms with Gasteiger partial charge in [0.2, 0.25) is 0 Å². The quantitative estimate of drug-likeness (QED) is 0.180. The molecule has 0 saturated heterocycles. The Hall–Kier alpha value is -1.30. The molecule has 0 saturated carbocycles. The van der Waals surface area contributed by atoms with E-state index < -0.39 is 17.9 Å². The zero-order valence-electron chi connectivity index (χ0n) is 16.3. The monoisotopic (exact) mass is 426 g/mol. The van der Waals surface area contributed by atoms with Gasteiger partial charge in [-0.2, -0.15) is 0 Å². The van der Waals surface area contributed by atoms with E-state index in [4.69, 9.17) is 0 Å². The largest absolute Gasteiger partial charge is 3.00 e. The summed E-state index contributed by atoms with van der Waals surface area (Å²) in [5.41, 5.74) is 0. The van der Waals surface area contributed by atoms with Crippen molar-refractivity contribution in [3.05, 3.63) is 0 Å². The van der Waals surface area contributed by atoms with Crippen LogP contribution in [0.5, 0.6) is 0 Å². The number of methoxy groups -OCH3 is 3. The maximum absolute atomic E-state index is 9.69. The maximum Gasteiger partial charge on any atom is 3.00 e. The number of aliphatic carboxylic acids is 3. The van der Waals surface area contributed by atoms with Crippen LogP contribution in [0.4, 0.5) is 0 Å². The van der Waals surface area contributed by atoms with Gasteiger partial charge in [-0.3, -0.25) is 0 Å². The molecule has 28 heavy (non-hydrogen) atoms. The Balaban J connectivity index is -0.000000152. The summed E-state index contributed by atoms with van der Waals surface area (Å²) >= 11 is 0. The van der Waals surface area contributed by atoms with Crippen LogP contribution in [0.15, 0.2) is 0 Å². The predicted octanol–water partition coefficient (Wildman–Crippen LogP) is -5.18. The minimum Gasteiger partial charge on any atom is -0.548 e. The number of carboxylic acids is 3. The topological polar surface area (TPSA) is 176 Å². The third-order valence-corrected chi connectivity index (χ3v) is 1.96. The molecule has 0 bridgehead atoms. The number of carboxylic acid groups (broad SMARTS) is 3. The van der Waals surface area contributed by atoms with Crippen LogP contribution in [0.25, 0.3) is 0 Å². The summed E-state index contributed by atoms with van der Waals surface area (Å²) in [5.74, 6) is -3.61. The van der Waals surface area contributed by atoms with Crippen LogP contribution >= 0.6 is 0 Å². The fourth-order valence-electron chi connectivity index (χ4n) is 0.893. The fraction of sp³-hybridized carbons (Fsp3) is 0.800. The van der Waals surface area contributed by atoms with Crippen molar-refractivity contribution in [1.29, 1.82) is 0 Å². The molecular weight excluding hydrogens is 399 g/mol. The number of carbonyl (C=O) groups excluding carboxylic acids is 3. The average molecular weight is 426 g/mol. The van der Waals surface area contributed by atoms with Crippen LogP contribution < -0.4 is 15.3 Å². The molecule has 0 N–H and O–H groups in total. The number of carbonyl (C=O) groups is 3. The zero-order valence-corrected chi connectivity index (χ0v) is 17.5. The van der Waals surface area contributed by atoms with E-state index in [1.54, 1.807) is 0 Å². The van der Waals surface area contributed by atoms with Crippen molar-refractivity contribution >= 4 is 35.3 Å². The van der Waals surface area contributed by atoms with Gasteiger partial charge in [-0.15, -0.1) is 0 Å². The molecule has 0 aliphatic heterocycles. The van der Waals surface area contributed by atoms with E-state index in [-0.39, 0.29) is 37.2 Å². The van der Waals surface area contributed by atoms with Crippen LogP contribution in [0.3, 0.4) is 0 Å². The SMILES string of the molecule is COCCOCC(=O)[O-].COCCOCC(=O)[O-].COCCOCC(=O)[O-].[Al+3]. The fourth-order valence-corrected chi connectivity index (χ4v) is 0.893. The third-order valence-electron chi connectivity index (χ3n) is 1.96. The van der Waals surface area contributed by atoms with Gasteiger partial charge in [-0.1, -0.05) is 0 Å². The van der Waals surface area contributed by atoms with Gasteiger partial charge in [-0.05, 0) is 0 Å². The molecule has 0 heterocycles. The van der Waals surface area contributed by atoms with Crippen LogP contribution in [0, 0.1) is 0 Å². The van der Waals surface area contributed by atoms with E-state index in [0.717, 1.165) is 0 Å². The molecule has 0 radical (unpaired) electrons. The molecule has 0 aliphatic carbocycles. The Morgan fingerprint density at radius 3 is 0.893 bits per heavy atom. The molecule has 0 unspecified atom stereocenters. The molecule has 0 aliphatic rings. The molecule has 0 atom stereocenters. The van der Waals surface area contributed by atoms with Gasteiger partial charge >= 0.3 is 17.4 Å². The smallest absolute Gasteiger partial charge is 0.548 e. The normalized spacial score (nSPS) is 9.11. The predicted molar refractivity (Wildman–Crippen MR) is 88.9 cm³/mol. The number of ether oxygens (including phenoxy) is 6. The van der Waals surface area contributed by atoms with Gasteiger partial charge in [0.1, 0.15) is 0 Å². The van der Waals surface area contributed by atoms with Crippen molar-refractivity contribution in [2.75, 3.05) is 80.8 Å². The first-order chi connectivity index (χ1) is 12.8. The van der Waals surface area contributed by atoms with E-state index in [1.807, 2.05) is 0 Å². The van der Waals surface area contributed by atoms with Gasteiger partial charge in [0.25, 0.3) is 0 Å². The van der Waals surface area contributed by atoms with E-state index in [9.17, 15) is 29.7 Å². The summed E-state index contributed by atoms with van der Waals surface area (Å²) < 4.78 is 27.4. The van der Waals surface area contributed by atoms with Gasteiger partial charge in [0.05, 0.1) is 77.4 Å². The van der Waals surface area contributed by atoms with E-state index in [1.165, 1.54) is 21.3 Å². The van der Waals surface area contributed by atoms with Gasteiger partial charge < -0.3 is 58.1 Å². The van der Waals surface area contributed by atoms with Crippen LogP contribution in [0.2, 0.25) is 0 Å². The minimum atomic E-state index is -1.20. The molecule has 0 fully saturated rings. The van der Waals surface area contributed by atoms with E-state index in [0.29, 0.717) is 39.6 Å². The van der Waals surface area contributed by atoms with Gasteiger partial charge in [0, 0.05) is 21.3 Å². The summed E-state index contributed by atoms with van der Waals surface area (Å²) in [6.45, 7) is 1.04. The van der Waals surface area contributed by atoms with E-state index >= 15 is 0 Å². The summed E-state index contributed by atoms with van der Waals surface area (Å²) in [6.07, 6.45) is 0. The molecule has 162 valence electrons. The molecule has 0 rings (SSSR count). The summed E-state index contributed by atoms with van der Waals surface area (Å²) in [6, 6.07) is 0. The maximum atomic E-state index is 9.69. The molecule has 0 amide bonds. The first-order valence-electron chi connectivity index (χ1n) is 7.61. The number of hydrogen-bond donors (Lipinski definition) is 0. The molecular formula is C15H27AlO12. The molecule has 0 aromatic rings. The Labute approximate surface area is 174 Å². The zero-order chi connectivity index (χ0) is 21.3. The Kier molecular flexibility index (Phi) is 37.2. The molecule has 0 aromatic heterocycles. The Morgan fingerprint density at radius 2 is 0.750 bits per heavy atom. The summed E-state index contributed by atoms with van der Waals surface area (Å²) in [5, 5.41) is 29.1. The van der Waals surface area contributed by atoms with Gasteiger partial charge in [0.15, 0.2) is 0 Å². The number of hydrogen-bond acceptors (Lipinski definition) is 12. The van der Waals surface area contributed by atoms with Crippen LogP contribution in [0.1, 0.15) is 0 Å². The van der Waals surface area contributed by atoms with E-state index in [2.05, 4.69) is 28.4 Å². The van der Waals surface area contributed by atoms with Crippen LogP contribution in [-0.2, 0) is 42.8 Å². The van der Waals surface area contributed by atoms with Crippen molar-refractivity contribution in [2.45, 2.75) is 0 Å². The van der Waals surface area contributed by atoms with Crippen molar-refractivity contribution in [2.24, 2.45) is 0 Å². The van der Waals surface area contributed by atoms with Crippen molar-refractivity contribution in [3.63, 3.8) is 0 Å². The Morgan fingerprint density at radius 1 is 0.536 bits per heavy atom. The standard InChI is InChI=1S/3C5H10O4.Al/c3*1-8-2-3-9-4-5(6)7;/h3*2-4H2,1H3,(H,6,7);/q;;;+3/p-3. The first kappa shape index (κ1) is 34.2. The van der Waals surface area contributed by atoms with Crippen molar-refractivity contribution in [1.82, 2.24) is 0 Å². The van der Waals surface area contributed by atoms with Gasteiger partial charge in [-0.25, -0.2) is 0 Å². The average Bonchev–Trinajstić information content (AvgIpc) is 2.60. The molecule has 12 nitrogen and oxygen atoms in total. The second kappa shape index (κ2) is 30.4. The molecule has 0 aromatic carbocycles. The second-order valence-corrected chi connectivity index (χ2v) is 4.25.